The molecule has 0 unspecified atom stereocenters. The minimum Gasteiger partial charge on any atom is -0.507 e. The van der Waals surface area contributed by atoms with Gasteiger partial charge in [-0.15, -0.1) is 0 Å². The minimum absolute atomic E-state index is 0.0431. The number of phenols is 1. The number of para-hydroxylation sites is 1. The molecule has 1 N–H and O–H groups in total. The Labute approximate surface area is 156 Å². The van der Waals surface area contributed by atoms with Crippen molar-refractivity contribution in [1.29, 1.82) is 0 Å². The fourth-order valence-corrected chi connectivity index (χ4v) is 3.07. The molecule has 1 heterocycles. The number of carbonyl (C=O) groups excluding carboxylic acids is 2. The maximum Gasteiger partial charge on any atom is 0.191 e. The van der Waals surface area contributed by atoms with Crippen LogP contribution in [0.25, 0.3) is 10.9 Å². The number of ketones is 2. The second-order valence-corrected chi connectivity index (χ2v) is 6.95. The number of carbonyl (C=O) groups is 2. The van der Waals surface area contributed by atoms with E-state index in [4.69, 9.17) is 11.6 Å². The molecule has 5 nitrogen and oxygen atoms in total. The minimum atomic E-state index is -0.488. The van der Waals surface area contributed by atoms with Gasteiger partial charge in [0.05, 0.1) is 17.5 Å². The first-order chi connectivity index (χ1) is 12.3. The number of Topliss-reactive ketones (excluding diaryl/α,β-unsaturated/α-hetero) is 2. The Hall–Kier alpha value is -2.66. The lowest BCUT2D eigenvalue weighted by Crippen LogP contribution is -2.11. The van der Waals surface area contributed by atoms with Crippen molar-refractivity contribution < 1.29 is 14.7 Å². The molecule has 134 valence electrons. The molecule has 0 saturated carbocycles. The Balaban J connectivity index is 1.95. The van der Waals surface area contributed by atoms with Crippen LogP contribution in [0.5, 0.6) is 5.75 Å². The third-order valence-corrected chi connectivity index (χ3v) is 4.67. The maximum absolute atomic E-state index is 12.7. The van der Waals surface area contributed by atoms with Crippen LogP contribution in [0.15, 0.2) is 36.4 Å². The standard InChI is InChI=1S/C20H19ClN2O3/c1-11(2)23-16-7-5-4-6-13(16)20(22-23)19(26)10-18(25)14-9-15(21)12(3)8-17(14)24/h4-9,11,24H,10H2,1-3H3. The molecule has 3 aromatic rings. The highest BCUT2D eigenvalue weighted by Crippen LogP contribution is 2.28. The van der Waals surface area contributed by atoms with Gasteiger partial charge in [0, 0.05) is 16.5 Å². The molecule has 2 aromatic carbocycles. The van der Waals surface area contributed by atoms with Crippen molar-refractivity contribution in [3.05, 3.63) is 58.2 Å². The Morgan fingerprint density at radius 1 is 1.19 bits per heavy atom. The van der Waals surface area contributed by atoms with E-state index in [-0.39, 0.29) is 35.3 Å². The molecule has 0 saturated heterocycles. The van der Waals surface area contributed by atoms with Crippen molar-refractivity contribution in [3.8, 4) is 5.75 Å². The van der Waals surface area contributed by atoms with Crippen LogP contribution in [0.1, 0.15) is 52.7 Å². The fraction of sp³-hybridized carbons (Fsp3) is 0.250. The van der Waals surface area contributed by atoms with Crippen molar-refractivity contribution in [3.63, 3.8) is 0 Å². The second kappa shape index (κ2) is 6.92. The Bertz CT molecular complexity index is 1020. The average molecular weight is 371 g/mol. The number of phenolic OH excluding ortho intramolecular Hbond substituents is 1. The summed E-state index contributed by atoms with van der Waals surface area (Å²) in [4.78, 5) is 25.2. The Morgan fingerprint density at radius 2 is 1.88 bits per heavy atom. The SMILES string of the molecule is Cc1cc(O)c(C(=O)CC(=O)c2nn(C(C)C)c3ccccc23)cc1Cl. The molecule has 6 heteroatoms. The number of fused-ring (bicyclic) bond motifs is 1. The summed E-state index contributed by atoms with van der Waals surface area (Å²) in [5, 5.41) is 15.5. The number of hydrogen-bond donors (Lipinski definition) is 1. The van der Waals surface area contributed by atoms with Crippen LogP contribution >= 0.6 is 11.6 Å². The van der Waals surface area contributed by atoms with Crippen LogP contribution in [0.4, 0.5) is 0 Å². The molecule has 0 spiro atoms. The molecule has 1 aromatic heterocycles. The summed E-state index contributed by atoms with van der Waals surface area (Å²) in [6.45, 7) is 5.68. The van der Waals surface area contributed by atoms with E-state index < -0.39 is 5.78 Å². The summed E-state index contributed by atoms with van der Waals surface area (Å²) in [5.74, 6) is -1.05. The predicted molar refractivity (Wildman–Crippen MR) is 101 cm³/mol. The van der Waals surface area contributed by atoms with Gasteiger partial charge in [-0.3, -0.25) is 14.3 Å². The summed E-state index contributed by atoms with van der Waals surface area (Å²) < 4.78 is 1.77. The third kappa shape index (κ3) is 3.22. The topological polar surface area (TPSA) is 72.2 Å². The fourth-order valence-electron chi connectivity index (χ4n) is 2.90. The van der Waals surface area contributed by atoms with E-state index in [2.05, 4.69) is 5.10 Å². The van der Waals surface area contributed by atoms with Crippen LogP contribution in [-0.2, 0) is 0 Å². The lowest BCUT2D eigenvalue weighted by molar-refractivity contribution is 0.0890. The van der Waals surface area contributed by atoms with E-state index in [1.165, 1.54) is 12.1 Å². The Morgan fingerprint density at radius 3 is 2.58 bits per heavy atom. The zero-order valence-electron chi connectivity index (χ0n) is 14.8. The van der Waals surface area contributed by atoms with Crippen LogP contribution in [0, 0.1) is 6.92 Å². The van der Waals surface area contributed by atoms with Gasteiger partial charge in [-0.25, -0.2) is 0 Å². The van der Waals surface area contributed by atoms with Gasteiger partial charge in [-0.05, 0) is 44.5 Å². The van der Waals surface area contributed by atoms with E-state index in [1.807, 2.05) is 38.1 Å². The first-order valence-electron chi connectivity index (χ1n) is 8.32. The lowest BCUT2D eigenvalue weighted by atomic mass is 10.0. The maximum atomic E-state index is 12.7. The highest BCUT2D eigenvalue weighted by Gasteiger charge is 2.23. The van der Waals surface area contributed by atoms with Gasteiger partial charge in [-0.2, -0.15) is 5.10 Å². The highest BCUT2D eigenvalue weighted by molar-refractivity contribution is 6.32. The van der Waals surface area contributed by atoms with E-state index in [1.54, 1.807) is 11.6 Å². The van der Waals surface area contributed by atoms with E-state index in [0.29, 0.717) is 16.0 Å². The van der Waals surface area contributed by atoms with Crippen LogP contribution in [-0.4, -0.2) is 26.5 Å². The zero-order chi connectivity index (χ0) is 19.0. The zero-order valence-corrected chi connectivity index (χ0v) is 15.5. The van der Waals surface area contributed by atoms with Crippen molar-refractivity contribution in [2.24, 2.45) is 0 Å². The summed E-state index contributed by atoms with van der Waals surface area (Å²) in [6.07, 6.45) is -0.383. The van der Waals surface area contributed by atoms with Gasteiger partial charge in [0.2, 0.25) is 0 Å². The quantitative estimate of drug-likeness (QED) is 0.520. The number of rotatable bonds is 5. The molecular weight excluding hydrogens is 352 g/mol. The molecule has 0 radical (unpaired) electrons. The van der Waals surface area contributed by atoms with Gasteiger partial charge in [0.1, 0.15) is 11.4 Å². The molecule has 26 heavy (non-hydrogen) atoms. The highest BCUT2D eigenvalue weighted by atomic mass is 35.5. The number of aromatic hydroxyl groups is 1. The van der Waals surface area contributed by atoms with E-state index in [9.17, 15) is 14.7 Å². The summed E-state index contributed by atoms with van der Waals surface area (Å²) >= 11 is 6.04. The molecule has 0 aliphatic heterocycles. The summed E-state index contributed by atoms with van der Waals surface area (Å²) in [7, 11) is 0. The second-order valence-electron chi connectivity index (χ2n) is 6.55. The van der Waals surface area contributed by atoms with Gasteiger partial charge in [0.25, 0.3) is 0 Å². The monoisotopic (exact) mass is 370 g/mol. The number of nitrogens with zero attached hydrogens (tertiary/aromatic N) is 2. The van der Waals surface area contributed by atoms with Gasteiger partial charge in [-0.1, -0.05) is 29.8 Å². The Kier molecular flexibility index (Phi) is 4.83. The summed E-state index contributed by atoms with van der Waals surface area (Å²) in [6, 6.07) is 10.3. The number of hydrogen-bond acceptors (Lipinski definition) is 4. The molecule has 0 aliphatic carbocycles. The normalized spacial score (nSPS) is 11.3. The van der Waals surface area contributed by atoms with Crippen molar-refractivity contribution in [2.45, 2.75) is 33.2 Å². The number of benzene rings is 2. The average Bonchev–Trinajstić information content (AvgIpc) is 2.98. The van der Waals surface area contributed by atoms with Crippen LogP contribution < -0.4 is 0 Å². The number of halogens is 1. The molecule has 0 bridgehead atoms. The molecule has 3 rings (SSSR count). The summed E-state index contributed by atoms with van der Waals surface area (Å²) in [5.41, 5.74) is 1.81. The predicted octanol–water partition coefficient (Wildman–Crippen LogP) is 4.74. The third-order valence-electron chi connectivity index (χ3n) is 4.27. The van der Waals surface area contributed by atoms with Crippen molar-refractivity contribution >= 4 is 34.1 Å². The molecular formula is C20H19ClN2O3. The van der Waals surface area contributed by atoms with E-state index in [0.717, 1.165) is 5.52 Å². The number of aromatic nitrogens is 2. The lowest BCUT2D eigenvalue weighted by Gasteiger charge is -2.06. The van der Waals surface area contributed by atoms with Crippen LogP contribution in [0.3, 0.4) is 0 Å². The first kappa shape index (κ1) is 18.1. The molecule has 0 aliphatic rings. The van der Waals surface area contributed by atoms with Gasteiger partial charge in [0.15, 0.2) is 11.6 Å². The first-order valence-corrected chi connectivity index (χ1v) is 8.70. The molecule has 0 amide bonds. The van der Waals surface area contributed by atoms with Crippen molar-refractivity contribution in [2.75, 3.05) is 0 Å². The van der Waals surface area contributed by atoms with E-state index >= 15 is 0 Å². The van der Waals surface area contributed by atoms with Gasteiger partial charge >= 0.3 is 0 Å². The number of aryl methyl sites for hydroxylation is 1. The van der Waals surface area contributed by atoms with Crippen LogP contribution in [0.2, 0.25) is 5.02 Å². The van der Waals surface area contributed by atoms with Gasteiger partial charge < -0.3 is 5.11 Å². The van der Waals surface area contributed by atoms with Crippen molar-refractivity contribution in [1.82, 2.24) is 9.78 Å². The molecule has 0 atom stereocenters. The smallest absolute Gasteiger partial charge is 0.191 e. The largest absolute Gasteiger partial charge is 0.507 e. The molecule has 0 fully saturated rings.